The molecular formula is C36H43N5O8. The molecule has 2 aliphatic rings. The Bertz CT molecular complexity index is 1700. The number of aryl methyl sites for hydroxylation is 2. The number of fused-ring (bicyclic) bond motifs is 1. The number of carbonyl (C=O) groups is 5. The number of nitrogens with one attached hydrogen (secondary N) is 1. The highest BCUT2D eigenvalue weighted by Crippen LogP contribution is 2.33. The number of hydrogen-bond acceptors (Lipinski definition) is 8. The average molecular weight is 674 g/mol. The predicted molar refractivity (Wildman–Crippen MR) is 180 cm³/mol. The van der Waals surface area contributed by atoms with Gasteiger partial charge < -0.3 is 34.6 Å². The highest BCUT2D eigenvalue weighted by atomic mass is 16.6. The number of amides is 4. The van der Waals surface area contributed by atoms with Crippen molar-refractivity contribution in [2.45, 2.75) is 58.5 Å². The fourth-order valence-electron chi connectivity index (χ4n) is 6.52. The number of carboxylic acid groups (broad SMARTS) is 1. The van der Waals surface area contributed by atoms with E-state index in [4.69, 9.17) is 9.47 Å². The van der Waals surface area contributed by atoms with Gasteiger partial charge in [-0.2, -0.15) is 0 Å². The van der Waals surface area contributed by atoms with Gasteiger partial charge in [0, 0.05) is 50.6 Å². The molecule has 2 atom stereocenters. The van der Waals surface area contributed by atoms with E-state index in [1.807, 2.05) is 18.7 Å². The number of piperazine rings is 1. The molecule has 2 unspecified atom stereocenters. The third-order valence-corrected chi connectivity index (χ3v) is 8.83. The predicted octanol–water partition coefficient (Wildman–Crippen LogP) is 3.86. The first-order chi connectivity index (χ1) is 23.5. The van der Waals surface area contributed by atoms with Gasteiger partial charge in [-0.25, -0.2) is 9.78 Å². The molecule has 2 fully saturated rings. The maximum Gasteiger partial charge on any atom is 0.409 e. The van der Waals surface area contributed by atoms with E-state index in [1.165, 1.54) is 15.9 Å². The largest absolute Gasteiger partial charge is 0.483 e. The lowest BCUT2D eigenvalue weighted by Gasteiger charge is -2.35. The summed E-state index contributed by atoms with van der Waals surface area (Å²) < 4.78 is 11.1. The first-order valence-electron chi connectivity index (χ1n) is 16.7. The summed E-state index contributed by atoms with van der Waals surface area (Å²) in [5.74, 6) is -2.14. The molecule has 1 aromatic heterocycles. The Morgan fingerprint density at radius 3 is 2.35 bits per heavy atom. The minimum absolute atomic E-state index is 0.0429. The second-order valence-corrected chi connectivity index (χ2v) is 12.4. The summed E-state index contributed by atoms with van der Waals surface area (Å²) in [5.41, 5.74) is 3.79. The van der Waals surface area contributed by atoms with Gasteiger partial charge in [-0.3, -0.25) is 19.2 Å². The second-order valence-electron chi connectivity index (χ2n) is 12.4. The Kier molecular flexibility index (Phi) is 11.3. The normalized spacial score (nSPS) is 16.7. The number of carbonyl (C=O) groups excluding carboxylic acids is 4. The van der Waals surface area contributed by atoms with Crippen LogP contribution in [0.1, 0.15) is 65.8 Å². The molecule has 0 radical (unpaired) electrons. The minimum atomic E-state index is -1.14. The molecular weight excluding hydrogens is 630 g/mol. The molecule has 5 rings (SSSR count). The third-order valence-electron chi connectivity index (χ3n) is 8.83. The van der Waals surface area contributed by atoms with Crippen molar-refractivity contribution in [3.8, 4) is 5.75 Å². The topological polar surface area (TPSA) is 159 Å². The molecule has 0 aliphatic carbocycles. The Balaban J connectivity index is 1.30. The van der Waals surface area contributed by atoms with Gasteiger partial charge in [0.1, 0.15) is 17.5 Å². The van der Waals surface area contributed by atoms with E-state index in [-0.39, 0.29) is 75.6 Å². The number of pyridine rings is 1. The molecule has 0 spiro atoms. The number of aromatic nitrogens is 1. The van der Waals surface area contributed by atoms with E-state index >= 15 is 0 Å². The van der Waals surface area contributed by atoms with Gasteiger partial charge >= 0.3 is 12.1 Å². The maximum absolute atomic E-state index is 13.6. The molecule has 260 valence electrons. The Labute approximate surface area is 285 Å². The van der Waals surface area contributed by atoms with Crippen LogP contribution in [-0.2, 0) is 19.1 Å². The van der Waals surface area contributed by atoms with Crippen molar-refractivity contribution < 1.29 is 38.6 Å². The highest BCUT2D eigenvalue weighted by Gasteiger charge is 2.32. The van der Waals surface area contributed by atoms with Gasteiger partial charge in [-0.1, -0.05) is 41.5 Å². The van der Waals surface area contributed by atoms with E-state index in [9.17, 15) is 29.1 Å². The number of rotatable bonds is 11. The summed E-state index contributed by atoms with van der Waals surface area (Å²) in [6, 6.07) is 13.7. The van der Waals surface area contributed by atoms with Gasteiger partial charge in [-0.15, -0.1) is 0 Å². The van der Waals surface area contributed by atoms with Crippen LogP contribution in [0.2, 0.25) is 0 Å². The summed E-state index contributed by atoms with van der Waals surface area (Å²) in [7, 11) is 0. The smallest absolute Gasteiger partial charge is 0.409 e. The number of nitrogens with zero attached hydrogens (tertiary/aromatic N) is 4. The molecule has 2 N–H and O–H groups in total. The van der Waals surface area contributed by atoms with Crippen molar-refractivity contribution in [2.75, 3.05) is 45.9 Å². The fraction of sp³-hybridized carbons (Fsp3) is 0.444. The summed E-state index contributed by atoms with van der Waals surface area (Å²) in [4.78, 5) is 73.5. The molecule has 3 heterocycles. The van der Waals surface area contributed by atoms with Gasteiger partial charge in [0.15, 0.2) is 6.61 Å². The molecule has 3 aromatic rings. The zero-order valence-corrected chi connectivity index (χ0v) is 28.1. The van der Waals surface area contributed by atoms with Crippen molar-refractivity contribution in [2.24, 2.45) is 0 Å². The summed E-state index contributed by atoms with van der Waals surface area (Å²) in [6.07, 6.45) is 0.796. The number of hydrogen-bond donors (Lipinski definition) is 2. The van der Waals surface area contributed by atoms with Crippen LogP contribution in [-0.4, -0.2) is 107 Å². The van der Waals surface area contributed by atoms with Gasteiger partial charge in [0.25, 0.3) is 11.8 Å². The van der Waals surface area contributed by atoms with Gasteiger partial charge in [-0.05, 0) is 57.7 Å². The minimum Gasteiger partial charge on any atom is -0.483 e. The van der Waals surface area contributed by atoms with Crippen LogP contribution in [0.15, 0.2) is 48.5 Å². The Morgan fingerprint density at radius 1 is 0.959 bits per heavy atom. The Hall–Kier alpha value is -5.20. The van der Waals surface area contributed by atoms with Crippen molar-refractivity contribution in [1.29, 1.82) is 0 Å². The number of para-hydroxylation sites is 1. The average Bonchev–Trinajstić information content (AvgIpc) is 3.58. The lowest BCUT2D eigenvalue weighted by atomic mass is 9.99. The summed E-state index contributed by atoms with van der Waals surface area (Å²) >= 11 is 0. The number of benzene rings is 2. The highest BCUT2D eigenvalue weighted by molar-refractivity contribution is 5.99. The molecule has 0 bridgehead atoms. The Morgan fingerprint density at radius 2 is 1.65 bits per heavy atom. The van der Waals surface area contributed by atoms with Crippen molar-refractivity contribution in [1.82, 2.24) is 25.0 Å². The van der Waals surface area contributed by atoms with Crippen molar-refractivity contribution in [3.63, 3.8) is 0 Å². The van der Waals surface area contributed by atoms with E-state index in [2.05, 4.69) is 28.5 Å². The van der Waals surface area contributed by atoms with Crippen LogP contribution in [0.5, 0.6) is 5.75 Å². The second kappa shape index (κ2) is 15.8. The van der Waals surface area contributed by atoms with Crippen LogP contribution in [0, 0.1) is 13.8 Å². The van der Waals surface area contributed by atoms with E-state index in [0.717, 1.165) is 29.5 Å². The first-order valence-corrected chi connectivity index (χ1v) is 16.7. The monoisotopic (exact) mass is 673 g/mol. The molecule has 2 aromatic carbocycles. The van der Waals surface area contributed by atoms with Crippen LogP contribution in [0.25, 0.3) is 10.9 Å². The number of ether oxygens (including phenoxy) is 2. The number of aliphatic carboxylic acids is 1. The lowest BCUT2D eigenvalue weighted by molar-refractivity contribution is -0.138. The van der Waals surface area contributed by atoms with Crippen molar-refractivity contribution >= 4 is 40.7 Å². The zero-order chi connectivity index (χ0) is 35.1. The van der Waals surface area contributed by atoms with Crippen LogP contribution in [0.4, 0.5) is 4.79 Å². The summed E-state index contributed by atoms with van der Waals surface area (Å²) in [5, 5.41) is 12.6. The van der Waals surface area contributed by atoms with E-state index in [1.54, 1.807) is 31.2 Å². The van der Waals surface area contributed by atoms with Crippen LogP contribution < -0.4 is 10.1 Å². The van der Waals surface area contributed by atoms with Crippen LogP contribution in [0.3, 0.4) is 0 Å². The first kappa shape index (κ1) is 35.1. The molecule has 0 saturated carbocycles. The molecule has 49 heavy (non-hydrogen) atoms. The lowest BCUT2D eigenvalue weighted by Crippen LogP contribution is -2.56. The molecule has 4 amide bonds. The van der Waals surface area contributed by atoms with Crippen LogP contribution >= 0.6 is 0 Å². The fourth-order valence-corrected chi connectivity index (χ4v) is 6.52. The summed E-state index contributed by atoms with van der Waals surface area (Å²) in [6.45, 7) is 7.32. The zero-order valence-electron chi connectivity index (χ0n) is 28.1. The standard InChI is InChI=1S/C36H43N5O8/c1-4-48-36(47)40-16-14-39(15-17-40)35(46)28(11-12-33(43)44)38-34(45)29-21-31(26-8-5-6-9-27(26)37-29)49-22-32(42)41-13-7-10-30(41)25-19-23(2)18-24(3)20-25/h5-6,8-9,18-21,28,30H,4,7,10-17,22H2,1-3H3,(H,38,45)(H,43,44). The number of likely N-dealkylation sites (tertiary alicyclic amines) is 1. The SMILES string of the molecule is CCOC(=O)N1CCN(C(=O)C(CCC(=O)O)NC(=O)c2cc(OCC(=O)N3CCCC3c3cc(C)cc(C)c3)c3ccccc3n2)CC1. The molecule has 13 nitrogen and oxygen atoms in total. The third kappa shape index (κ3) is 8.64. The quantitative estimate of drug-likeness (QED) is 0.308. The molecule has 2 aliphatic heterocycles. The van der Waals surface area contributed by atoms with Gasteiger partial charge in [0.2, 0.25) is 5.91 Å². The maximum atomic E-state index is 13.6. The van der Waals surface area contributed by atoms with Crippen molar-refractivity contribution in [3.05, 3.63) is 70.9 Å². The molecule has 2 saturated heterocycles. The van der Waals surface area contributed by atoms with Gasteiger partial charge in [0.05, 0.1) is 18.2 Å². The van der Waals surface area contributed by atoms with E-state index in [0.29, 0.717) is 17.4 Å². The van der Waals surface area contributed by atoms with E-state index < -0.39 is 29.9 Å². The molecule has 13 heteroatoms. The number of carboxylic acids is 1.